The van der Waals surface area contributed by atoms with E-state index < -0.39 is 0 Å². The van der Waals surface area contributed by atoms with Crippen LogP contribution in [0.2, 0.25) is 0 Å². The Balaban J connectivity index is 1.23. The maximum absolute atomic E-state index is 6.00. The molecule has 0 heterocycles. The minimum absolute atomic E-state index is 0.768. The van der Waals surface area contributed by atoms with Gasteiger partial charge in [0.15, 0.2) is 0 Å². The summed E-state index contributed by atoms with van der Waals surface area (Å²) in [6, 6.07) is 66.0. The maximum Gasteiger partial charge on any atom is 0.0468 e. The Hall–Kier alpha value is -6.64. The molecule has 2 heteroatoms. The van der Waals surface area contributed by atoms with Crippen LogP contribution >= 0.6 is 0 Å². The highest BCUT2D eigenvalue weighted by Gasteiger charge is 2.18. The van der Waals surface area contributed by atoms with Crippen molar-refractivity contribution in [3.8, 4) is 11.1 Å². The van der Waals surface area contributed by atoms with Gasteiger partial charge in [0, 0.05) is 22.7 Å². The Morgan fingerprint density at radius 3 is 0.900 bits per heavy atom. The first-order valence-electron chi connectivity index (χ1n) is 17.1. The van der Waals surface area contributed by atoms with Crippen LogP contribution in [0.25, 0.3) is 75.8 Å². The topological polar surface area (TPSA) is 29.3 Å². The average Bonchev–Trinajstić information content (AvgIpc) is 3.19. The summed E-state index contributed by atoms with van der Waals surface area (Å²) >= 11 is 0. The Bertz CT molecular complexity index is 2690. The summed E-state index contributed by atoms with van der Waals surface area (Å²) in [7, 11) is 0. The quantitative estimate of drug-likeness (QED) is 0.154. The molecule has 0 saturated heterocycles. The van der Waals surface area contributed by atoms with Crippen LogP contribution in [-0.2, 0) is 0 Å². The van der Waals surface area contributed by atoms with Gasteiger partial charge in [-0.1, -0.05) is 133 Å². The van der Waals surface area contributed by atoms with E-state index in [1.54, 1.807) is 0 Å². The molecule has 0 aliphatic rings. The zero-order chi connectivity index (χ0) is 33.2. The van der Waals surface area contributed by atoms with E-state index in [4.69, 9.17) is 5.73 Å². The lowest BCUT2D eigenvalue weighted by Gasteiger charge is -2.27. The highest BCUT2D eigenvalue weighted by atomic mass is 15.1. The molecule has 0 amide bonds. The van der Waals surface area contributed by atoms with Gasteiger partial charge in [0.05, 0.1) is 0 Å². The van der Waals surface area contributed by atoms with Gasteiger partial charge in [-0.25, -0.2) is 0 Å². The number of benzene rings is 10. The Kier molecular flexibility index (Phi) is 6.37. The van der Waals surface area contributed by atoms with Crippen LogP contribution in [-0.4, -0.2) is 0 Å². The average molecular weight is 637 g/mol. The lowest BCUT2D eigenvalue weighted by molar-refractivity contribution is 1.30. The summed E-state index contributed by atoms with van der Waals surface area (Å²) in [5, 5.41) is 15.2. The van der Waals surface area contributed by atoms with Crippen LogP contribution in [0, 0.1) is 0 Å². The van der Waals surface area contributed by atoms with Crippen molar-refractivity contribution in [2.45, 2.75) is 0 Å². The molecule has 2 N–H and O–H groups in total. The van der Waals surface area contributed by atoms with Crippen LogP contribution in [0.1, 0.15) is 0 Å². The first kappa shape index (κ1) is 28.4. The van der Waals surface area contributed by atoms with Crippen molar-refractivity contribution in [1.82, 2.24) is 0 Å². The third-order valence-corrected chi connectivity index (χ3v) is 10.3. The van der Waals surface area contributed by atoms with E-state index in [1.807, 2.05) is 12.1 Å². The summed E-state index contributed by atoms with van der Waals surface area (Å²) in [6.07, 6.45) is 0. The van der Waals surface area contributed by atoms with E-state index in [0.717, 1.165) is 33.9 Å². The zero-order valence-corrected chi connectivity index (χ0v) is 27.3. The van der Waals surface area contributed by atoms with E-state index in [-0.39, 0.29) is 0 Å². The second-order valence-corrected chi connectivity index (χ2v) is 13.1. The van der Waals surface area contributed by atoms with Gasteiger partial charge in [-0.3, -0.25) is 0 Å². The fraction of sp³-hybridized carbons (Fsp3) is 0. The van der Waals surface area contributed by atoms with Gasteiger partial charge in [-0.2, -0.15) is 0 Å². The molecule has 0 unspecified atom stereocenters. The minimum Gasteiger partial charge on any atom is -0.399 e. The minimum atomic E-state index is 0.768. The maximum atomic E-state index is 6.00. The molecule has 0 spiro atoms. The number of nitrogen functional groups attached to an aromatic ring is 1. The summed E-state index contributed by atoms with van der Waals surface area (Å²) < 4.78 is 0. The predicted molar refractivity (Wildman–Crippen MR) is 216 cm³/mol. The van der Waals surface area contributed by atoms with Crippen LogP contribution in [0.4, 0.5) is 22.7 Å². The highest BCUT2D eigenvalue weighted by Crippen LogP contribution is 2.43. The van der Waals surface area contributed by atoms with E-state index in [9.17, 15) is 0 Å². The molecule has 10 aromatic carbocycles. The van der Waals surface area contributed by atoms with Crippen LogP contribution in [0.3, 0.4) is 0 Å². The summed E-state index contributed by atoms with van der Waals surface area (Å²) in [5.74, 6) is 0. The molecule has 0 fully saturated rings. The molecule has 0 aliphatic carbocycles. The first-order valence-corrected chi connectivity index (χ1v) is 17.1. The van der Waals surface area contributed by atoms with Crippen molar-refractivity contribution in [3.05, 3.63) is 182 Å². The predicted octanol–water partition coefficient (Wildman–Crippen LogP) is 13.3. The smallest absolute Gasteiger partial charge is 0.0468 e. The fourth-order valence-corrected chi connectivity index (χ4v) is 8.00. The van der Waals surface area contributed by atoms with Crippen LogP contribution < -0.4 is 10.6 Å². The normalized spacial score (nSPS) is 11.7. The monoisotopic (exact) mass is 636 g/mol. The van der Waals surface area contributed by atoms with Crippen LogP contribution in [0.5, 0.6) is 0 Å². The lowest BCUT2D eigenvalue weighted by Crippen LogP contribution is -2.10. The molecule has 0 aromatic heterocycles. The molecule has 0 aliphatic heterocycles. The van der Waals surface area contributed by atoms with Gasteiger partial charge in [0.1, 0.15) is 0 Å². The van der Waals surface area contributed by atoms with E-state index in [1.165, 1.54) is 64.6 Å². The van der Waals surface area contributed by atoms with Gasteiger partial charge >= 0.3 is 0 Å². The van der Waals surface area contributed by atoms with Crippen LogP contribution in [0.15, 0.2) is 182 Å². The second-order valence-electron chi connectivity index (χ2n) is 13.1. The molecule has 0 atom stereocenters. The number of rotatable bonds is 4. The summed E-state index contributed by atoms with van der Waals surface area (Å²) in [5.41, 5.74) is 12.4. The van der Waals surface area contributed by atoms with Crippen molar-refractivity contribution in [2.75, 3.05) is 10.6 Å². The number of anilines is 4. The number of hydrogen-bond donors (Lipinski definition) is 1. The van der Waals surface area contributed by atoms with Crippen molar-refractivity contribution < 1.29 is 0 Å². The first-order chi connectivity index (χ1) is 24.7. The van der Waals surface area contributed by atoms with Gasteiger partial charge in [-0.15, -0.1) is 0 Å². The van der Waals surface area contributed by atoms with Gasteiger partial charge in [-0.05, 0) is 124 Å². The Morgan fingerprint density at radius 2 is 0.540 bits per heavy atom. The molecule has 10 aromatic rings. The number of nitrogens with two attached hydrogens (primary N) is 1. The SMILES string of the molecule is Nc1ccc(-c2ccc(N(c3ccc4c5ccccc5c5ccccc5c4c3)c3ccc4c5ccccc5c5ccccc5c4c3)cc2)cc1. The van der Waals surface area contributed by atoms with Crippen molar-refractivity contribution >= 4 is 87.4 Å². The summed E-state index contributed by atoms with van der Waals surface area (Å²) in [6.45, 7) is 0. The number of hydrogen-bond acceptors (Lipinski definition) is 2. The molecule has 0 bridgehead atoms. The highest BCUT2D eigenvalue weighted by molar-refractivity contribution is 6.27. The molecular weight excluding hydrogens is 605 g/mol. The van der Waals surface area contributed by atoms with Gasteiger partial charge in [0.25, 0.3) is 0 Å². The number of nitrogens with zero attached hydrogens (tertiary/aromatic N) is 1. The van der Waals surface area contributed by atoms with E-state index >= 15 is 0 Å². The van der Waals surface area contributed by atoms with Crippen molar-refractivity contribution in [1.29, 1.82) is 0 Å². The number of fused-ring (bicyclic) bond motifs is 12. The molecule has 0 radical (unpaired) electrons. The molecule has 0 saturated carbocycles. The Labute approximate surface area is 290 Å². The molecule has 10 rings (SSSR count). The summed E-state index contributed by atoms with van der Waals surface area (Å²) in [4.78, 5) is 2.40. The van der Waals surface area contributed by atoms with E-state index in [0.29, 0.717) is 0 Å². The zero-order valence-electron chi connectivity index (χ0n) is 27.3. The van der Waals surface area contributed by atoms with Gasteiger partial charge in [0.2, 0.25) is 0 Å². The molecule has 2 nitrogen and oxygen atoms in total. The molecular formula is C48H32N2. The largest absolute Gasteiger partial charge is 0.399 e. The molecule has 234 valence electrons. The molecule has 50 heavy (non-hydrogen) atoms. The van der Waals surface area contributed by atoms with Crippen molar-refractivity contribution in [2.24, 2.45) is 0 Å². The van der Waals surface area contributed by atoms with Crippen molar-refractivity contribution in [3.63, 3.8) is 0 Å². The Morgan fingerprint density at radius 1 is 0.260 bits per heavy atom. The standard InChI is InChI=1S/C48H32N2/c49-33-21-17-31(18-22-33)32-19-23-34(24-20-32)50(35-25-27-45-41-13-3-1-9-37(41)39-11-5-7-15-43(39)47(45)29-35)36-26-28-46-42-14-4-2-10-38(42)40-12-6-8-16-44(40)48(46)30-36/h1-30H,49H2. The second kappa shape index (κ2) is 11.2. The van der Waals surface area contributed by atoms with E-state index in [2.05, 4.69) is 175 Å². The third-order valence-electron chi connectivity index (χ3n) is 10.3. The fourth-order valence-electron chi connectivity index (χ4n) is 8.00. The third kappa shape index (κ3) is 4.43. The lowest BCUT2D eigenvalue weighted by atomic mass is 9.93. The van der Waals surface area contributed by atoms with Gasteiger partial charge < -0.3 is 10.6 Å².